The Bertz CT molecular complexity index is 165. The molecule has 1 rings (SSSR count). The zero-order chi connectivity index (χ0) is 8.48. The molecule has 0 amide bonds. The number of rotatable bonds is 1. The molecule has 0 saturated carbocycles. The minimum absolute atomic E-state index is 0.381. The Morgan fingerprint density at radius 2 is 2.27 bits per heavy atom. The molecule has 1 heterocycles. The Labute approximate surface area is 78.1 Å². The van der Waals surface area contributed by atoms with Gasteiger partial charge in [0.25, 0.3) is 0 Å². The third-order valence-electron chi connectivity index (χ3n) is 2.10. The van der Waals surface area contributed by atoms with E-state index in [4.69, 9.17) is 18.0 Å². The topological polar surface area (TPSA) is 26.0 Å². The lowest BCUT2D eigenvalue weighted by Gasteiger charge is -2.34. The monoisotopic (exact) mass is 189 g/mol. The van der Waals surface area contributed by atoms with Crippen molar-refractivity contribution in [2.45, 2.75) is 31.4 Å². The summed E-state index contributed by atoms with van der Waals surface area (Å²) in [4.78, 5) is 0.707. The summed E-state index contributed by atoms with van der Waals surface area (Å²) in [6, 6.07) is 0. The zero-order valence-corrected chi connectivity index (χ0v) is 8.73. The van der Waals surface area contributed by atoms with E-state index in [9.17, 15) is 0 Å². The highest BCUT2D eigenvalue weighted by Gasteiger charge is 2.29. The van der Waals surface area contributed by atoms with E-state index >= 15 is 0 Å². The average Bonchev–Trinajstić information content (AvgIpc) is 1.85. The molecule has 1 aliphatic rings. The number of hydrogen-bond donors (Lipinski definition) is 1. The van der Waals surface area contributed by atoms with Crippen molar-refractivity contribution in [3.63, 3.8) is 0 Å². The van der Waals surface area contributed by atoms with Crippen LogP contribution in [-0.2, 0) is 0 Å². The molecular formula is C8H15NS2. The summed E-state index contributed by atoms with van der Waals surface area (Å²) in [6.07, 6.45) is 2.32. The van der Waals surface area contributed by atoms with Gasteiger partial charge >= 0.3 is 0 Å². The molecule has 1 nitrogen and oxygen atoms in total. The summed E-state index contributed by atoms with van der Waals surface area (Å²) in [5.74, 6) is 1.69. The second-order valence-corrected chi connectivity index (χ2v) is 5.97. The predicted molar refractivity (Wildman–Crippen MR) is 56.0 cm³/mol. The van der Waals surface area contributed by atoms with Crippen molar-refractivity contribution in [1.82, 2.24) is 0 Å². The second-order valence-electron chi connectivity index (χ2n) is 3.70. The molecule has 64 valence electrons. The van der Waals surface area contributed by atoms with Gasteiger partial charge in [-0.25, -0.2) is 0 Å². The van der Waals surface area contributed by atoms with Crippen molar-refractivity contribution in [2.24, 2.45) is 11.7 Å². The molecule has 0 aromatic heterocycles. The van der Waals surface area contributed by atoms with E-state index < -0.39 is 0 Å². The Balaban J connectivity index is 2.53. The van der Waals surface area contributed by atoms with Gasteiger partial charge in [0.15, 0.2) is 0 Å². The predicted octanol–water partition coefficient (Wildman–Crippen LogP) is 2.19. The quantitative estimate of drug-likeness (QED) is 0.640. The molecule has 0 aromatic carbocycles. The number of hydrogen-bond acceptors (Lipinski definition) is 2. The van der Waals surface area contributed by atoms with Crippen molar-refractivity contribution < 1.29 is 0 Å². The molecule has 0 radical (unpaired) electrons. The van der Waals surface area contributed by atoms with Gasteiger partial charge in [-0.05, 0) is 18.6 Å². The first-order valence-corrected chi connectivity index (χ1v) is 5.34. The fourth-order valence-corrected chi connectivity index (χ4v) is 2.95. The summed E-state index contributed by atoms with van der Waals surface area (Å²) in [5, 5.41) is 0. The zero-order valence-electron chi connectivity index (χ0n) is 7.09. The molecule has 0 aliphatic carbocycles. The van der Waals surface area contributed by atoms with Crippen molar-refractivity contribution in [1.29, 1.82) is 0 Å². The lowest BCUT2D eigenvalue weighted by atomic mass is 9.93. The lowest BCUT2D eigenvalue weighted by Crippen LogP contribution is -2.33. The maximum atomic E-state index is 5.61. The third-order valence-corrected chi connectivity index (χ3v) is 3.82. The van der Waals surface area contributed by atoms with Gasteiger partial charge in [-0.3, -0.25) is 0 Å². The molecule has 0 aromatic rings. The molecule has 1 aliphatic heterocycles. The van der Waals surface area contributed by atoms with Crippen LogP contribution in [0, 0.1) is 5.92 Å². The normalized spacial score (nSPS) is 29.8. The van der Waals surface area contributed by atoms with Gasteiger partial charge in [0.1, 0.15) is 0 Å². The average molecular weight is 189 g/mol. The smallest absolute Gasteiger partial charge is 0.0759 e. The van der Waals surface area contributed by atoms with Crippen LogP contribution >= 0.6 is 24.0 Å². The number of nitrogens with two attached hydrogens (primary N) is 1. The summed E-state index contributed by atoms with van der Waals surface area (Å²) in [6.45, 7) is 4.53. The van der Waals surface area contributed by atoms with E-state index in [1.54, 1.807) is 0 Å². The number of thioether (sulfide) groups is 1. The highest BCUT2D eigenvalue weighted by atomic mass is 32.2. The van der Waals surface area contributed by atoms with E-state index in [0.717, 1.165) is 6.42 Å². The summed E-state index contributed by atoms with van der Waals surface area (Å²) >= 11 is 7.01. The highest BCUT2D eigenvalue weighted by Crippen LogP contribution is 2.38. The van der Waals surface area contributed by atoms with E-state index in [1.165, 1.54) is 12.2 Å². The van der Waals surface area contributed by atoms with Crippen molar-refractivity contribution in [3.8, 4) is 0 Å². The highest BCUT2D eigenvalue weighted by molar-refractivity contribution is 8.00. The fourth-order valence-electron chi connectivity index (χ4n) is 1.47. The minimum atomic E-state index is 0.381. The molecule has 1 fully saturated rings. The van der Waals surface area contributed by atoms with Crippen molar-refractivity contribution in [2.75, 3.05) is 5.75 Å². The van der Waals surface area contributed by atoms with E-state index in [0.29, 0.717) is 15.7 Å². The van der Waals surface area contributed by atoms with Gasteiger partial charge in [0.05, 0.1) is 4.99 Å². The van der Waals surface area contributed by atoms with Crippen molar-refractivity contribution in [3.05, 3.63) is 0 Å². The van der Waals surface area contributed by atoms with Gasteiger partial charge < -0.3 is 5.73 Å². The van der Waals surface area contributed by atoms with Crippen LogP contribution in [0.25, 0.3) is 0 Å². The van der Waals surface area contributed by atoms with Crippen LogP contribution in [0.2, 0.25) is 0 Å². The van der Waals surface area contributed by atoms with Gasteiger partial charge in [-0.1, -0.05) is 26.1 Å². The van der Waals surface area contributed by atoms with Crippen LogP contribution in [0.1, 0.15) is 26.7 Å². The second kappa shape index (κ2) is 3.31. The third kappa shape index (κ3) is 2.64. The molecular weight excluding hydrogens is 174 g/mol. The van der Waals surface area contributed by atoms with E-state index in [-0.39, 0.29) is 0 Å². The van der Waals surface area contributed by atoms with Crippen molar-refractivity contribution >= 4 is 29.0 Å². The Kier molecular flexibility index (Phi) is 2.81. The van der Waals surface area contributed by atoms with Crippen LogP contribution in [0.15, 0.2) is 0 Å². The minimum Gasteiger partial charge on any atom is -0.393 e. The molecule has 0 bridgehead atoms. The molecule has 3 heteroatoms. The van der Waals surface area contributed by atoms with E-state index in [2.05, 4.69) is 13.8 Å². The Hall–Kier alpha value is 0.240. The Morgan fingerprint density at radius 1 is 1.64 bits per heavy atom. The van der Waals surface area contributed by atoms with Gasteiger partial charge in [-0.15, -0.1) is 0 Å². The first kappa shape index (κ1) is 9.33. The molecule has 1 atom stereocenters. The Morgan fingerprint density at radius 3 is 2.64 bits per heavy atom. The maximum Gasteiger partial charge on any atom is 0.0759 e. The summed E-state index contributed by atoms with van der Waals surface area (Å²) in [7, 11) is 0. The number of thiocarbonyl (C=S) groups is 1. The SMILES string of the molecule is CC1(C)CC(C(N)=S)CCS1. The molecule has 0 spiro atoms. The van der Waals surface area contributed by atoms with Gasteiger partial charge in [-0.2, -0.15) is 11.8 Å². The molecule has 1 unspecified atom stereocenters. The van der Waals surface area contributed by atoms with Crippen LogP contribution in [0.5, 0.6) is 0 Å². The van der Waals surface area contributed by atoms with E-state index in [1.807, 2.05) is 11.8 Å². The maximum absolute atomic E-state index is 5.61. The molecule has 11 heavy (non-hydrogen) atoms. The molecule has 2 N–H and O–H groups in total. The standard InChI is InChI=1S/C8H15NS2/c1-8(2)5-6(7(9)10)3-4-11-8/h6H,3-5H2,1-2H3,(H2,9,10). The first-order chi connectivity index (χ1) is 5.01. The van der Waals surface area contributed by atoms with Crippen LogP contribution in [-0.4, -0.2) is 15.5 Å². The van der Waals surface area contributed by atoms with Crippen LogP contribution in [0.4, 0.5) is 0 Å². The van der Waals surface area contributed by atoms with Gasteiger partial charge in [0, 0.05) is 10.7 Å². The van der Waals surface area contributed by atoms with Crippen LogP contribution in [0.3, 0.4) is 0 Å². The largest absolute Gasteiger partial charge is 0.393 e. The lowest BCUT2D eigenvalue weighted by molar-refractivity contribution is 0.504. The fraction of sp³-hybridized carbons (Fsp3) is 0.875. The summed E-state index contributed by atoms with van der Waals surface area (Å²) in [5.41, 5.74) is 5.61. The first-order valence-electron chi connectivity index (χ1n) is 3.94. The van der Waals surface area contributed by atoms with Crippen LogP contribution < -0.4 is 5.73 Å². The summed E-state index contributed by atoms with van der Waals surface area (Å²) < 4.78 is 0.381. The van der Waals surface area contributed by atoms with Gasteiger partial charge in [0.2, 0.25) is 0 Å². The molecule has 1 saturated heterocycles.